The van der Waals surface area contributed by atoms with Gasteiger partial charge in [0.25, 0.3) is 0 Å². The van der Waals surface area contributed by atoms with Crippen LogP contribution in [0.4, 0.5) is 0 Å². The molecule has 2 N–H and O–H groups in total. The highest BCUT2D eigenvalue weighted by atomic mass is 32.2. The average Bonchev–Trinajstić information content (AvgIpc) is 2.42. The van der Waals surface area contributed by atoms with Gasteiger partial charge in [-0.2, -0.15) is 5.10 Å². The summed E-state index contributed by atoms with van der Waals surface area (Å²) in [6.07, 6.45) is 0. The molecule has 0 saturated carbocycles. The predicted molar refractivity (Wildman–Crippen MR) is 57.5 cm³/mol. The number of para-hydroxylation sites is 1. The van der Waals surface area contributed by atoms with Crippen LogP contribution in [0.25, 0.3) is 10.9 Å². The van der Waals surface area contributed by atoms with Crippen molar-refractivity contribution < 1.29 is 8.42 Å². The minimum Gasteiger partial charge on any atom is -0.268 e. The largest absolute Gasteiger partial charge is 0.268 e. The zero-order valence-corrected chi connectivity index (χ0v) is 9.03. The summed E-state index contributed by atoms with van der Waals surface area (Å²) >= 11 is 0. The predicted octanol–water partition coefficient (Wildman–Crippen LogP) is 0.362. The average molecular weight is 225 g/mol. The Kier molecular flexibility index (Phi) is 2.24. The van der Waals surface area contributed by atoms with Gasteiger partial charge in [0, 0.05) is 12.4 Å². The van der Waals surface area contributed by atoms with E-state index in [2.05, 4.69) is 5.10 Å². The zero-order valence-electron chi connectivity index (χ0n) is 8.21. The van der Waals surface area contributed by atoms with E-state index in [1.807, 2.05) is 24.3 Å². The number of nitrogens with two attached hydrogens (primary N) is 1. The molecule has 0 saturated heterocycles. The van der Waals surface area contributed by atoms with Crippen molar-refractivity contribution in [2.45, 2.75) is 5.75 Å². The molecule has 0 aliphatic heterocycles. The first kappa shape index (κ1) is 10.1. The van der Waals surface area contributed by atoms with Gasteiger partial charge in [0.1, 0.15) is 5.75 Å². The van der Waals surface area contributed by atoms with Crippen LogP contribution in [0.15, 0.2) is 24.3 Å². The summed E-state index contributed by atoms with van der Waals surface area (Å²) in [6.45, 7) is 0. The van der Waals surface area contributed by atoms with E-state index in [-0.39, 0.29) is 5.75 Å². The molecule has 0 unspecified atom stereocenters. The van der Waals surface area contributed by atoms with Crippen molar-refractivity contribution in [1.82, 2.24) is 9.78 Å². The lowest BCUT2D eigenvalue weighted by atomic mass is 10.2. The molecular weight excluding hydrogens is 214 g/mol. The molecule has 0 atom stereocenters. The van der Waals surface area contributed by atoms with Crippen molar-refractivity contribution in [2.75, 3.05) is 0 Å². The summed E-state index contributed by atoms with van der Waals surface area (Å²) in [5, 5.41) is 9.95. The van der Waals surface area contributed by atoms with Crippen molar-refractivity contribution in [3.63, 3.8) is 0 Å². The third-order valence-electron chi connectivity index (χ3n) is 2.17. The number of sulfonamides is 1. The van der Waals surface area contributed by atoms with Crippen LogP contribution in [0.5, 0.6) is 0 Å². The number of rotatable bonds is 2. The van der Waals surface area contributed by atoms with E-state index >= 15 is 0 Å². The normalized spacial score (nSPS) is 12.1. The molecule has 1 aromatic heterocycles. The summed E-state index contributed by atoms with van der Waals surface area (Å²) < 4.78 is 23.6. The van der Waals surface area contributed by atoms with Gasteiger partial charge in [0.05, 0.1) is 11.2 Å². The first-order valence-corrected chi connectivity index (χ1v) is 6.10. The van der Waals surface area contributed by atoms with Crippen LogP contribution in [-0.4, -0.2) is 18.2 Å². The fourth-order valence-corrected chi connectivity index (χ4v) is 2.18. The molecule has 0 spiro atoms. The van der Waals surface area contributed by atoms with E-state index in [0.717, 1.165) is 10.9 Å². The van der Waals surface area contributed by atoms with E-state index in [1.54, 1.807) is 11.7 Å². The van der Waals surface area contributed by atoms with Gasteiger partial charge >= 0.3 is 0 Å². The number of fused-ring (bicyclic) bond motifs is 1. The molecule has 6 heteroatoms. The van der Waals surface area contributed by atoms with Crippen LogP contribution in [-0.2, 0) is 22.8 Å². The number of aryl methyl sites for hydroxylation is 1. The molecule has 2 rings (SSSR count). The van der Waals surface area contributed by atoms with Gasteiger partial charge in [-0.3, -0.25) is 4.68 Å². The minimum absolute atomic E-state index is 0.228. The number of aromatic nitrogens is 2. The van der Waals surface area contributed by atoms with Crippen LogP contribution in [0.3, 0.4) is 0 Å². The van der Waals surface area contributed by atoms with Gasteiger partial charge < -0.3 is 0 Å². The Morgan fingerprint density at radius 2 is 2.07 bits per heavy atom. The van der Waals surface area contributed by atoms with Gasteiger partial charge in [0.2, 0.25) is 10.0 Å². The van der Waals surface area contributed by atoms with Crippen LogP contribution >= 0.6 is 0 Å². The summed E-state index contributed by atoms with van der Waals surface area (Å²) in [5.41, 5.74) is 1.40. The summed E-state index contributed by atoms with van der Waals surface area (Å²) in [7, 11) is -1.76. The molecule has 15 heavy (non-hydrogen) atoms. The Hall–Kier alpha value is -1.40. The van der Waals surface area contributed by atoms with Crippen LogP contribution < -0.4 is 5.14 Å². The highest BCUT2D eigenvalue weighted by Crippen LogP contribution is 2.18. The van der Waals surface area contributed by atoms with E-state index in [0.29, 0.717) is 5.69 Å². The second-order valence-electron chi connectivity index (χ2n) is 3.39. The highest BCUT2D eigenvalue weighted by molar-refractivity contribution is 7.88. The molecule has 0 aliphatic rings. The SMILES string of the molecule is Cn1nc(CS(N)(=O)=O)c2ccccc21. The van der Waals surface area contributed by atoms with Crippen molar-refractivity contribution in [3.8, 4) is 0 Å². The van der Waals surface area contributed by atoms with E-state index in [9.17, 15) is 8.42 Å². The first-order chi connectivity index (χ1) is 6.97. The van der Waals surface area contributed by atoms with Gasteiger partial charge in [-0.25, -0.2) is 13.6 Å². The molecular formula is C9H11N3O2S. The third kappa shape index (κ3) is 2.00. The van der Waals surface area contributed by atoms with Crippen molar-refractivity contribution in [3.05, 3.63) is 30.0 Å². The highest BCUT2D eigenvalue weighted by Gasteiger charge is 2.13. The Labute approximate surface area is 87.6 Å². The first-order valence-electron chi connectivity index (χ1n) is 4.38. The lowest BCUT2D eigenvalue weighted by Crippen LogP contribution is -2.15. The Bertz CT molecular complexity index is 601. The topological polar surface area (TPSA) is 78.0 Å². The van der Waals surface area contributed by atoms with Gasteiger partial charge in [0.15, 0.2) is 0 Å². The Balaban J connectivity index is 2.62. The van der Waals surface area contributed by atoms with E-state index in [1.165, 1.54) is 0 Å². The lowest BCUT2D eigenvalue weighted by Gasteiger charge is -1.93. The maximum absolute atomic E-state index is 11.0. The molecule has 80 valence electrons. The summed E-state index contributed by atoms with van der Waals surface area (Å²) in [4.78, 5) is 0. The molecule has 0 radical (unpaired) electrons. The lowest BCUT2D eigenvalue weighted by molar-refractivity contribution is 0.596. The Morgan fingerprint density at radius 3 is 2.73 bits per heavy atom. The number of hydrogen-bond acceptors (Lipinski definition) is 3. The number of hydrogen-bond donors (Lipinski definition) is 1. The number of primary sulfonamides is 1. The monoisotopic (exact) mass is 225 g/mol. The summed E-state index contributed by atoms with van der Waals surface area (Å²) in [6, 6.07) is 7.44. The van der Waals surface area contributed by atoms with Crippen LogP contribution in [0.2, 0.25) is 0 Å². The maximum Gasteiger partial charge on any atom is 0.214 e. The fourth-order valence-electron chi connectivity index (χ4n) is 1.59. The quantitative estimate of drug-likeness (QED) is 0.801. The standard InChI is InChI=1S/C9H11N3O2S/c1-12-9-5-3-2-4-7(9)8(11-12)6-15(10,13)14/h2-5H,6H2,1H3,(H2,10,13,14). The molecule has 1 heterocycles. The van der Waals surface area contributed by atoms with E-state index < -0.39 is 10.0 Å². The zero-order chi connectivity index (χ0) is 11.1. The van der Waals surface area contributed by atoms with Gasteiger partial charge in [-0.1, -0.05) is 18.2 Å². The van der Waals surface area contributed by atoms with Crippen LogP contribution in [0.1, 0.15) is 5.69 Å². The van der Waals surface area contributed by atoms with Crippen molar-refractivity contribution in [1.29, 1.82) is 0 Å². The van der Waals surface area contributed by atoms with Gasteiger partial charge in [-0.05, 0) is 6.07 Å². The van der Waals surface area contributed by atoms with Gasteiger partial charge in [-0.15, -0.1) is 0 Å². The number of nitrogens with zero attached hydrogens (tertiary/aromatic N) is 2. The minimum atomic E-state index is -3.53. The van der Waals surface area contributed by atoms with Crippen molar-refractivity contribution >= 4 is 20.9 Å². The summed E-state index contributed by atoms with van der Waals surface area (Å²) in [5.74, 6) is -0.228. The molecule has 2 aromatic rings. The fraction of sp³-hybridized carbons (Fsp3) is 0.222. The second kappa shape index (κ2) is 3.32. The third-order valence-corrected chi connectivity index (χ3v) is 2.85. The molecule has 0 bridgehead atoms. The molecule has 5 nitrogen and oxygen atoms in total. The smallest absolute Gasteiger partial charge is 0.214 e. The molecule has 1 aromatic carbocycles. The maximum atomic E-state index is 11.0. The van der Waals surface area contributed by atoms with Crippen LogP contribution in [0, 0.1) is 0 Å². The van der Waals surface area contributed by atoms with E-state index in [4.69, 9.17) is 5.14 Å². The Morgan fingerprint density at radius 1 is 1.40 bits per heavy atom. The number of benzene rings is 1. The molecule has 0 amide bonds. The molecule has 0 fully saturated rings. The van der Waals surface area contributed by atoms with Crippen molar-refractivity contribution in [2.24, 2.45) is 12.2 Å². The molecule has 0 aliphatic carbocycles. The second-order valence-corrected chi connectivity index (χ2v) is 5.01.